The van der Waals surface area contributed by atoms with Gasteiger partial charge in [-0.05, 0) is 19.8 Å². The number of fused-ring (bicyclic) bond motifs is 1. The van der Waals surface area contributed by atoms with E-state index < -0.39 is 5.82 Å². The molecule has 4 rings (SSSR count). The highest BCUT2D eigenvalue weighted by atomic mass is 19.1. The highest BCUT2D eigenvalue weighted by Crippen LogP contribution is 2.28. The molecule has 2 aliphatic rings. The summed E-state index contributed by atoms with van der Waals surface area (Å²) >= 11 is 0. The lowest BCUT2D eigenvalue weighted by Gasteiger charge is -2.34. The molecule has 1 saturated carbocycles. The zero-order valence-corrected chi connectivity index (χ0v) is 20.5. The second-order valence-corrected chi connectivity index (χ2v) is 8.70. The maximum Gasteiger partial charge on any atom is 0.209 e. The van der Waals surface area contributed by atoms with Crippen LogP contribution in [-0.4, -0.2) is 70.1 Å². The predicted molar refractivity (Wildman–Crippen MR) is 137 cm³/mol. The molecule has 1 amide bonds. The van der Waals surface area contributed by atoms with Crippen LogP contribution in [0.5, 0.6) is 0 Å². The lowest BCUT2D eigenvalue weighted by atomic mass is 9.96. The average Bonchev–Trinajstić information content (AvgIpc) is 3.35. The summed E-state index contributed by atoms with van der Waals surface area (Å²) in [4.78, 5) is 37.4. The van der Waals surface area contributed by atoms with Gasteiger partial charge in [0.05, 0.1) is 23.1 Å². The molecule has 0 atom stereocenters. The number of aliphatic imine (C=N–C) groups is 1. The minimum Gasteiger partial charge on any atom is -0.403 e. The van der Waals surface area contributed by atoms with E-state index in [-0.39, 0.29) is 22.6 Å². The number of carbonyl (C=O) groups is 2. The van der Waals surface area contributed by atoms with Gasteiger partial charge < -0.3 is 20.5 Å². The Bertz CT molecular complexity index is 1090. The molecule has 196 valence electrons. The fraction of sp³-hybridized carbons (Fsp3) is 0.478. The SMILES string of the molecule is CC(=O)c1c[nH]c2c(N(N)/C=C\N)ncc(F)c12.NNC(=NC1CCCCC1)N1CCN(C=O)CC1. The zero-order valence-electron chi connectivity index (χ0n) is 20.5. The summed E-state index contributed by atoms with van der Waals surface area (Å²) in [5.41, 5.74) is 8.56. The molecule has 1 aliphatic heterocycles. The molecule has 0 radical (unpaired) electrons. The number of nitrogens with two attached hydrogens (primary N) is 3. The molecule has 1 saturated heterocycles. The number of Topliss-reactive ketones (excluding diaryl/α,β-unsaturated/α-hetero) is 1. The summed E-state index contributed by atoms with van der Waals surface area (Å²) in [6, 6.07) is 0.411. The van der Waals surface area contributed by atoms with Crippen molar-refractivity contribution < 1.29 is 14.0 Å². The molecule has 2 aromatic rings. The number of aromatic amines is 1. The number of nitrogens with one attached hydrogen (secondary N) is 2. The van der Waals surface area contributed by atoms with Gasteiger partial charge in [-0.2, -0.15) is 0 Å². The van der Waals surface area contributed by atoms with Crippen LogP contribution in [-0.2, 0) is 4.79 Å². The fourth-order valence-corrected chi connectivity index (χ4v) is 4.36. The number of H-pyrrole nitrogens is 1. The number of halogens is 1. The van der Waals surface area contributed by atoms with Gasteiger partial charge in [-0.1, -0.05) is 19.3 Å². The number of hydrogen-bond acceptors (Lipinski definition) is 8. The molecule has 12 nitrogen and oxygen atoms in total. The summed E-state index contributed by atoms with van der Waals surface area (Å²) in [7, 11) is 0. The van der Waals surface area contributed by atoms with Crippen molar-refractivity contribution in [3.63, 3.8) is 0 Å². The Balaban J connectivity index is 0.000000201. The van der Waals surface area contributed by atoms with Gasteiger partial charge in [-0.15, -0.1) is 0 Å². The molecule has 0 aromatic carbocycles. The first-order valence-electron chi connectivity index (χ1n) is 12.0. The van der Waals surface area contributed by atoms with E-state index in [1.165, 1.54) is 57.6 Å². The molecule has 8 N–H and O–H groups in total. The number of rotatable bonds is 5. The second kappa shape index (κ2) is 12.8. The van der Waals surface area contributed by atoms with Gasteiger partial charge in [0.2, 0.25) is 12.4 Å². The number of carbonyl (C=O) groups excluding carboxylic acids is 2. The Morgan fingerprint density at radius 1 is 1.28 bits per heavy atom. The van der Waals surface area contributed by atoms with Gasteiger partial charge in [0.25, 0.3) is 0 Å². The lowest BCUT2D eigenvalue weighted by molar-refractivity contribution is -0.119. The molecule has 36 heavy (non-hydrogen) atoms. The Morgan fingerprint density at radius 2 is 1.97 bits per heavy atom. The molecule has 0 unspecified atom stereocenters. The number of nitrogens with zero attached hydrogens (tertiary/aromatic N) is 5. The van der Waals surface area contributed by atoms with E-state index in [0.717, 1.165) is 49.8 Å². The number of ketones is 1. The third kappa shape index (κ3) is 6.49. The van der Waals surface area contributed by atoms with Crippen LogP contribution < -0.4 is 27.9 Å². The molecule has 0 spiro atoms. The first kappa shape index (κ1) is 26.9. The van der Waals surface area contributed by atoms with Gasteiger partial charge in [-0.3, -0.25) is 20.0 Å². The number of amides is 1. The van der Waals surface area contributed by atoms with Gasteiger partial charge in [-0.25, -0.2) is 26.1 Å². The quantitative estimate of drug-likeness (QED) is 0.0994. The molecule has 3 heterocycles. The van der Waals surface area contributed by atoms with Gasteiger partial charge in [0.15, 0.2) is 17.4 Å². The van der Waals surface area contributed by atoms with Crippen LogP contribution in [0.2, 0.25) is 0 Å². The number of guanidine groups is 1. The van der Waals surface area contributed by atoms with E-state index in [4.69, 9.17) is 22.4 Å². The summed E-state index contributed by atoms with van der Waals surface area (Å²) in [5.74, 6) is 11.5. The number of anilines is 1. The van der Waals surface area contributed by atoms with E-state index in [9.17, 15) is 14.0 Å². The van der Waals surface area contributed by atoms with Crippen molar-refractivity contribution in [2.75, 3.05) is 31.2 Å². The van der Waals surface area contributed by atoms with E-state index in [1.54, 1.807) is 4.90 Å². The minimum atomic E-state index is -0.578. The molecule has 2 fully saturated rings. The molecule has 0 bridgehead atoms. The topological polar surface area (TPSA) is 175 Å². The highest BCUT2D eigenvalue weighted by Gasteiger charge is 2.21. The number of hydrazine groups is 2. The molecule has 1 aliphatic carbocycles. The largest absolute Gasteiger partial charge is 0.403 e. The smallest absolute Gasteiger partial charge is 0.209 e. The predicted octanol–water partition coefficient (Wildman–Crippen LogP) is 0.927. The van der Waals surface area contributed by atoms with Crippen molar-refractivity contribution in [2.24, 2.45) is 22.4 Å². The monoisotopic (exact) mass is 502 g/mol. The second-order valence-electron chi connectivity index (χ2n) is 8.70. The van der Waals surface area contributed by atoms with Gasteiger partial charge in [0, 0.05) is 50.3 Å². The number of pyridine rings is 1. The normalized spacial score (nSPS) is 17.2. The van der Waals surface area contributed by atoms with E-state index in [2.05, 4.69) is 20.3 Å². The van der Waals surface area contributed by atoms with Crippen molar-refractivity contribution in [3.05, 3.63) is 36.2 Å². The van der Waals surface area contributed by atoms with Crippen molar-refractivity contribution in [3.8, 4) is 0 Å². The molecule has 13 heteroatoms. The summed E-state index contributed by atoms with van der Waals surface area (Å²) < 4.78 is 13.7. The highest BCUT2D eigenvalue weighted by molar-refractivity contribution is 6.09. The van der Waals surface area contributed by atoms with E-state index in [1.807, 2.05) is 0 Å². The molecular weight excluding hydrogens is 467 g/mol. The zero-order chi connectivity index (χ0) is 26.1. The first-order chi connectivity index (χ1) is 17.4. The summed E-state index contributed by atoms with van der Waals surface area (Å²) in [6.07, 6.45) is 12.2. The Labute approximate surface area is 209 Å². The standard InChI is InChI=1S/C12H23N5O.C11H12FN5O/c13-15-12(14-11-4-2-1-3-5-11)17-8-6-16(10-18)7-9-17;1-6(18)7-4-15-10-9(7)8(12)5-16-11(10)17(14)3-2-13/h10-11H,1-9,13H2,(H,14,15);2-5,15H,13-14H2,1H3/b;3-2-. The minimum absolute atomic E-state index is 0.174. The van der Waals surface area contributed by atoms with Crippen molar-refractivity contribution in [2.45, 2.75) is 45.1 Å². The summed E-state index contributed by atoms with van der Waals surface area (Å²) in [5, 5.41) is 1.32. The fourth-order valence-electron chi connectivity index (χ4n) is 4.36. The molecular formula is C23H35FN10O2. The van der Waals surface area contributed by atoms with E-state index >= 15 is 0 Å². The van der Waals surface area contributed by atoms with Crippen LogP contribution in [0, 0.1) is 5.82 Å². The number of hydrogen-bond donors (Lipinski definition) is 5. The molecule has 2 aromatic heterocycles. The van der Waals surface area contributed by atoms with Crippen LogP contribution in [0.3, 0.4) is 0 Å². The summed E-state index contributed by atoms with van der Waals surface area (Å²) in [6.45, 7) is 4.45. The van der Waals surface area contributed by atoms with Crippen LogP contribution in [0.1, 0.15) is 49.4 Å². The third-order valence-electron chi connectivity index (χ3n) is 6.28. The average molecular weight is 503 g/mol. The number of piperazine rings is 1. The Hall–Kier alpha value is -3.71. The Morgan fingerprint density at radius 3 is 2.56 bits per heavy atom. The maximum atomic E-state index is 13.7. The van der Waals surface area contributed by atoms with Crippen LogP contribution in [0.15, 0.2) is 29.8 Å². The third-order valence-corrected chi connectivity index (χ3v) is 6.28. The maximum absolute atomic E-state index is 13.7. The van der Waals surface area contributed by atoms with Crippen molar-refractivity contribution >= 4 is 34.9 Å². The van der Waals surface area contributed by atoms with Gasteiger partial charge in [0.1, 0.15) is 0 Å². The van der Waals surface area contributed by atoms with Gasteiger partial charge >= 0.3 is 0 Å². The first-order valence-corrected chi connectivity index (χ1v) is 12.0. The lowest BCUT2D eigenvalue weighted by Crippen LogP contribution is -2.53. The van der Waals surface area contributed by atoms with Crippen LogP contribution >= 0.6 is 0 Å². The van der Waals surface area contributed by atoms with Crippen molar-refractivity contribution in [1.29, 1.82) is 0 Å². The number of aromatic nitrogens is 2. The Kier molecular flexibility index (Phi) is 9.59. The van der Waals surface area contributed by atoms with Crippen LogP contribution in [0.25, 0.3) is 10.9 Å². The van der Waals surface area contributed by atoms with Crippen molar-refractivity contribution in [1.82, 2.24) is 25.2 Å². The van der Waals surface area contributed by atoms with E-state index in [0.29, 0.717) is 11.6 Å². The van der Waals surface area contributed by atoms with Crippen LogP contribution in [0.4, 0.5) is 10.2 Å².